The quantitative estimate of drug-likeness (QED) is 0.545. The maximum atomic E-state index is 13.9. The normalized spacial score (nSPS) is 14.7. The van der Waals surface area contributed by atoms with Crippen molar-refractivity contribution < 1.29 is 18.7 Å². The molecule has 164 valence electrons. The molecule has 0 spiro atoms. The Labute approximate surface area is 186 Å². The van der Waals surface area contributed by atoms with Gasteiger partial charge in [-0.1, -0.05) is 42.5 Å². The van der Waals surface area contributed by atoms with Crippen molar-refractivity contribution in [2.75, 3.05) is 18.5 Å². The van der Waals surface area contributed by atoms with Crippen LogP contribution in [-0.2, 0) is 17.6 Å². The average Bonchev–Trinajstić information content (AvgIpc) is 2.82. The van der Waals surface area contributed by atoms with Gasteiger partial charge in [0, 0.05) is 12.2 Å². The predicted octanol–water partition coefficient (Wildman–Crippen LogP) is 4.38. The molecule has 6 heteroatoms. The Morgan fingerprint density at radius 3 is 2.59 bits per heavy atom. The summed E-state index contributed by atoms with van der Waals surface area (Å²) in [7, 11) is 0. The lowest BCUT2D eigenvalue weighted by Gasteiger charge is -2.25. The molecular weight excluding hydrogens is 407 g/mol. The Balaban J connectivity index is 1.32. The molecule has 3 aromatic carbocycles. The minimum atomic E-state index is -0.574. The minimum absolute atomic E-state index is 0.0192. The van der Waals surface area contributed by atoms with Crippen LogP contribution in [-0.4, -0.2) is 25.0 Å². The standard InChI is InChI=1S/C26H25FN2O3/c27-23-11-5-4-10-22(23)26(31)29-21-12-13-24-19(16-21)15-20(17-32-24)25(30)28-14-6-9-18-7-2-1-3-8-18/h1-5,7-8,10-13,16,20H,6,9,14-15,17H2,(H,28,30)(H,29,31). The summed E-state index contributed by atoms with van der Waals surface area (Å²) in [6, 6.07) is 21.3. The molecule has 3 aromatic rings. The third-order valence-corrected chi connectivity index (χ3v) is 5.50. The van der Waals surface area contributed by atoms with E-state index in [4.69, 9.17) is 4.74 Å². The second kappa shape index (κ2) is 10.1. The van der Waals surface area contributed by atoms with Gasteiger partial charge in [0.1, 0.15) is 18.2 Å². The average molecular weight is 432 g/mol. The molecule has 1 unspecified atom stereocenters. The van der Waals surface area contributed by atoms with Gasteiger partial charge in [0.05, 0.1) is 11.5 Å². The van der Waals surface area contributed by atoms with Gasteiger partial charge in [-0.25, -0.2) is 4.39 Å². The summed E-state index contributed by atoms with van der Waals surface area (Å²) >= 11 is 0. The van der Waals surface area contributed by atoms with Crippen LogP contribution in [0.25, 0.3) is 0 Å². The van der Waals surface area contributed by atoms with Gasteiger partial charge in [-0.15, -0.1) is 0 Å². The lowest BCUT2D eigenvalue weighted by Crippen LogP contribution is -2.37. The van der Waals surface area contributed by atoms with E-state index >= 15 is 0 Å². The summed E-state index contributed by atoms with van der Waals surface area (Å²) in [6.45, 7) is 0.925. The van der Waals surface area contributed by atoms with E-state index in [0.717, 1.165) is 18.4 Å². The molecule has 5 nitrogen and oxygen atoms in total. The number of hydrogen-bond donors (Lipinski definition) is 2. The number of hydrogen-bond acceptors (Lipinski definition) is 3. The fourth-order valence-corrected chi connectivity index (χ4v) is 3.78. The molecule has 1 aliphatic heterocycles. The van der Waals surface area contributed by atoms with Gasteiger partial charge in [0.15, 0.2) is 0 Å². The van der Waals surface area contributed by atoms with Crippen molar-refractivity contribution >= 4 is 17.5 Å². The first kappa shape index (κ1) is 21.6. The summed E-state index contributed by atoms with van der Waals surface area (Å²) in [5, 5.41) is 5.71. The lowest BCUT2D eigenvalue weighted by atomic mass is 9.95. The minimum Gasteiger partial charge on any atom is -0.492 e. The molecule has 4 rings (SSSR count). The number of fused-ring (bicyclic) bond motifs is 1. The maximum Gasteiger partial charge on any atom is 0.258 e. The van der Waals surface area contributed by atoms with Crippen molar-refractivity contribution in [2.24, 2.45) is 5.92 Å². The Morgan fingerprint density at radius 2 is 1.78 bits per heavy atom. The van der Waals surface area contributed by atoms with Gasteiger partial charge >= 0.3 is 0 Å². The number of carbonyl (C=O) groups is 2. The molecule has 0 radical (unpaired) electrons. The third-order valence-electron chi connectivity index (χ3n) is 5.50. The first-order chi connectivity index (χ1) is 15.6. The highest BCUT2D eigenvalue weighted by atomic mass is 19.1. The van der Waals surface area contributed by atoms with Crippen LogP contribution in [0.3, 0.4) is 0 Å². The highest BCUT2D eigenvalue weighted by Gasteiger charge is 2.26. The summed E-state index contributed by atoms with van der Waals surface area (Å²) in [4.78, 5) is 25.0. The van der Waals surface area contributed by atoms with Gasteiger partial charge in [-0.2, -0.15) is 0 Å². The second-order valence-electron chi connectivity index (χ2n) is 7.85. The van der Waals surface area contributed by atoms with Crippen molar-refractivity contribution in [1.82, 2.24) is 5.32 Å². The number of anilines is 1. The Hall–Kier alpha value is -3.67. The molecule has 1 heterocycles. The van der Waals surface area contributed by atoms with E-state index < -0.39 is 11.7 Å². The van der Waals surface area contributed by atoms with Crippen molar-refractivity contribution in [3.8, 4) is 5.75 Å². The zero-order valence-corrected chi connectivity index (χ0v) is 17.6. The smallest absolute Gasteiger partial charge is 0.258 e. The topological polar surface area (TPSA) is 67.4 Å². The van der Waals surface area contributed by atoms with Crippen LogP contribution in [0.4, 0.5) is 10.1 Å². The molecule has 0 fully saturated rings. The largest absolute Gasteiger partial charge is 0.492 e. The molecule has 2 N–H and O–H groups in total. The molecule has 0 saturated carbocycles. The molecule has 1 aliphatic rings. The fraction of sp³-hybridized carbons (Fsp3) is 0.231. The highest BCUT2D eigenvalue weighted by molar-refractivity contribution is 6.04. The van der Waals surface area contributed by atoms with Crippen molar-refractivity contribution in [3.63, 3.8) is 0 Å². The molecule has 2 amide bonds. The molecule has 0 aliphatic carbocycles. The molecule has 0 saturated heterocycles. The Bertz CT molecular complexity index is 1100. The van der Waals surface area contributed by atoms with E-state index in [2.05, 4.69) is 22.8 Å². The van der Waals surface area contributed by atoms with Crippen LogP contribution in [0.1, 0.15) is 27.9 Å². The lowest BCUT2D eigenvalue weighted by molar-refractivity contribution is -0.126. The Morgan fingerprint density at radius 1 is 1.00 bits per heavy atom. The van der Waals surface area contributed by atoms with Gasteiger partial charge in [-0.05, 0) is 60.7 Å². The summed E-state index contributed by atoms with van der Waals surface area (Å²) in [6.07, 6.45) is 2.30. The SMILES string of the molecule is O=C(Nc1ccc2c(c1)CC(C(=O)NCCCc1ccccc1)CO2)c1ccccc1F. The van der Waals surface area contributed by atoms with Crippen molar-refractivity contribution in [3.05, 3.63) is 95.3 Å². The van der Waals surface area contributed by atoms with Gasteiger partial charge in [-0.3, -0.25) is 9.59 Å². The van der Waals surface area contributed by atoms with E-state index in [1.807, 2.05) is 18.2 Å². The van der Waals surface area contributed by atoms with Crippen LogP contribution < -0.4 is 15.4 Å². The number of benzene rings is 3. The summed E-state index contributed by atoms with van der Waals surface area (Å²) < 4.78 is 19.6. The molecule has 0 aromatic heterocycles. The first-order valence-corrected chi connectivity index (χ1v) is 10.7. The van der Waals surface area contributed by atoms with Crippen molar-refractivity contribution in [2.45, 2.75) is 19.3 Å². The monoisotopic (exact) mass is 432 g/mol. The summed E-state index contributed by atoms with van der Waals surface area (Å²) in [5.41, 5.74) is 2.60. The van der Waals surface area contributed by atoms with E-state index in [1.165, 1.54) is 23.8 Å². The van der Waals surface area contributed by atoms with E-state index in [-0.39, 0.29) is 17.4 Å². The number of nitrogens with one attached hydrogen (secondary N) is 2. The van der Waals surface area contributed by atoms with Gasteiger partial charge < -0.3 is 15.4 Å². The van der Waals surface area contributed by atoms with Crippen LogP contribution in [0.2, 0.25) is 0 Å². The fourth-order valence-electron chi connectivity index (χ4n) is 3.78. The van der Waals surface area contributed by atoms with Gasteiger partial charge in [0.2, 0.25) is 5.91 Å². The zero-order valence-electron chi connectivity index (χ0n) is 17.6. The highest BCUT2D eigenvalue weighted by Crippen LogP contribution is 2.30. The first-order valence-electron chi connectivity index (χ1n) is 10.7. The molecule has 32 heavy (non-hydrogen) atoms. The van der Waals surface area contributed by atoms with Crippen LogP contribution in [0.15, 0.2) is 72.8 Å². The zero-order chi connectivity index (χ0) is 22.3. The number of halogens is 1. The van der Waals surface area contributed by atoms with E-state index in [9.17, 15) is 14.0 Å². The van der Waals surface area contributed by atoms with Gasteiger partial charge in [0.25, 0.3) is 5.91 Å². The predicted molar refractivity (Wildman–Crippen MR) is 121 cm³/mol. The van der Waals surface area contributed by atoms with Crippen LogP contribution >= 0.6 is 0 Å². The summed E-state index contributed by atoms with van der Waals surface area (Å²) in [5.74, 6) is -0.731. The third kappa shape index (κ3) is 5.32. The number of aryl methyl sites for hydroxylation is 1. The Kier molecular flexibility index (Phi) is 6.80. The maximum absolute atomic E-state index is 13.9. The second-order valence-corrected chi connectivity index (χ2v) is 7.85. The number of rotatable bonds is 7. The van der Waals surface area contributed by atoms with Crippen LogP contribution in [0.5, 0.6) is 5.75 Å². The van der Waals surface area contributed by atoms with E-state index in [1.54, 1.807) is 24.3 Å². The molecular formula is C26H25FN2O3. The number of ether oxygens (including phenoxy) is 1. The van der Waals surface area contributed by atoms with Crippen LogP contribution in [0, 0.1) is 11.7 Å². The van der Waals surface area contributed by atoms with Crippen molar-refractivity contribution in [1.29, 1.82) is 0 Å². The molecule has 1 atom stereocenters. The number of amides is 2. The number of carbonyl (C=O) groups excluding carboxylic acids is 2. The van der Waals surface area contributed by atoms with E-state index in [0.29, 0.717) is 31.0 Å². The molecule has 0 bridgehead atoms.